The molecule has 0 aliphatic rings. The zero-order chi connectivity index (χ0) is 12.5. The monoisotopic (exact) mass is 247 g/mol. The predicted molar refractivity (Wildman–Crippen MR) is 67.5 cm³/mol. The molecule has 0 saturated carbocycles. The first-order valence-electron chi connectivity index (χ1n) is 5.18. The van der Waals surface area contributed by atoms with Gasteiger partial charge in [0.05, 0.1) is 9.79 Å². The topological polar surface area (TPSA) is 60.2 Å². The summed E-state index contributed by atoms with van der Waals surface area (Å²) in [6.07, 6.45) is 0. The highest BCUT2D eigenvalue weighted by Crippen LogP contribution is 2.24. The van der Waals surface area contributed by atoms with E-state index in [2.05, 4.69) is 0 Å². The first-order valence-corrected chi connectivity index (χ1v) is 6.66. The largest absolute Gasteiger partial charge is 0.399 e. The van der Waals surface area contributed by atoms with Crippen LogP contribution in [0.25, 0.3) is 0 Å². The molecule has 3 nitrogen and oxygen atoms in total. The van der Waals surface area contributed by atoms with Crippen LogP contribution in [0.4, 0.5) is 5.69 Å². The molecule has 2 aromatic rings. The molecule has 0 atom stereocenters. The van der Waals surface area contributed by atoms with Crippen LogP contribution < -0.4 is 5.73 Å². The lowest BCUT2D eigenvalue weighted by Crippen LogP contribution is -2.04. The normalized spacial score (nSPS) is 11.4. The maximum Gasteiger partial charge on any atom is 0.206 e. The second kappa shape index (κ2) is 4.22. The minimum absolute atomic E-state index is 0.229. The van der Waals surface area contributed by atoms with Gasteiger partial charge < -0.3 is 5.73 Å². The van der Waals surface area contributed by atoms with E-state index < -0.39 is 9.84 Å². The van der Waals surface area contributed by atoms with E-state index in [0.717, 1.165) is 5.56 Å². The van der Waals surface area contributed by atoms with Crippen molar-refractivity contribution in [2.75, 3.05) is 5.73 Å². The standard InChI is InChI=1S/C13H13NO2S/c1-10-5-2-3-8-13(10)17(15,16)12-7-4-6-11(14)9-12/h2-9H,14H2,1H3. The molecule has 2 aromatic carbocycles. The van der Waals surface area contributed by atoms with E-state index in [9.17, 15) is 8.42 Å². The number of aryl methyl sites for hydroxylation is 1. The van der Waals surface area contributed by atoms with Gasteiger partial charge in [0.1, 0.15) is 0 Å². The zero-order valence-corrected chi connectivity index (χ0v) is 10.2. The van der Waals surface area contributed by atoms with Gasteiger partial charge in [-0.05, 0) is 36.8 Å². The third-order valence-electron chi connectivity index (χ3n) is 2.55. The molecule has 17 heavy (non-hydrogen) atoms. The number of rotatable bonds is 2. The quantitative estimate of drug-likeness (QED) is 0.829. The van der Waals surface area contributed by atoms with Gasteiger partial charge in [0.2, 0.25) is 9.84 Å². The van der Waals surface area contributed by atoms with Crippen molar-refractivity contribution >= 4 is 15.5 Å². The summed E-state index contributed by atoms with van der Waals surface area (Å²) in [4.78, 5) is 0.553. The van der Waals surface area contributed by atoms with Crippen molar-refractivity contribution in [2.24, 2.45) is 0 Å². The Labute approximate surface area is 101 Å². The summed E-state index contributed by atoms with van der Waals surface area (Å²) in [7, 11) is -3.47. The SMILES string of the molecule is Cc1ccccc1S(=O)(=O)c1cccc(N)c1. The summed E-state index contributed by atoms with van der Waals surface area (Å²) >= 11 is 0. The number of nitrogens with two attached hydrogens (primary N) is 1. The highest BCUT2D eigenvalue weighted by Gasteiger charge is 2.19. The Bertz CT molecular complexity index is 648. The van der Waals surface area contributed by atoms with Crippen LogP contribution in [0.1, 0.15) is 5.56 Å². The van der Waals surface area contributed by atoms with Gasteiger partial charge in [0.15, 0.2) is 0 Å². The zero-order valence-electron chi connectivity index (χ0n) is 9.42. The van der Waals surface area contributed by atoms with Gasteiger partial charge in [-0.15, -0.1) is 0 Å². The van der Waals surface area contributed by atoms with E-state index in [1.165, 1.54) is 6.07 Å². The number of hydrogen-bond acceptors (Lipinski definition) is 3. The fourth-order valence-corrected chi connectivity index (χ4v) is 3.22. The third-order valence-corrected chi connectivity index (χ3v) is 4.46. The van der Waals surface area contributed by atoms with E-state index in [-0.39, 0.29) is 4.90 Å². The van der Waals surface area contributed by atoms with E-state index in [0.29, 0.717) is 10.6 Å². The summed E-state index contributed by atoms with van der Waals surface area (Å²) in [5.41, 5.74) is 6.78. The Kier molecular flexibility index (Phi) is 2.90. The second-order valence-corrected chi connectivity index (χ2v) is 5.76. The molecule has 0 saturated heterocycles. The van der Waals surface area contributed by atoms with Gasteiger partial charge in [0.25, 0.3) is 0 Å². The molecule has 0 heterocycles. The van der Waals surface area contributed by atoms with E-state index >= 15 is 0 Å². The van der Waals surface area contributed by atoms with Crippen LogP contribution in [-0.4, -0.2) is 8.42 Å². The summed E-state index contributed by atoms with van der Waals surface area (Å²) in [5, 5.41) is 0. The summed E-state index contributed by atoms with van der Waals surface area (Å²) < 4.78 is 24.7. The van der Waals surface area contributed by atoms with Crippen molar-refractivity contribution in [3.8, 4) is 0 Å². The number of hydrogen-bond donors (Lipinski definition) is 1. The van der Waals surface area contributed by atoms with E-state index in [1.54, 1.807) is 43.3 Å². The van der Waals surface area contributed by atoms with Crippen LogP contribution in [-0.2, 0) is 9.84 Å². The van der Waals surface area contributed by atoms with Crippen molar-refractivity contribution < 1.29 is 8.42 Å². The van der Waals surface area contributed by atoms with Crippen molar-refractivity contribution in [1.29, 1.82) is 0 Å². The Balaban J connectivity index is 2.63. The summed E-state index contributed by atoms with van der Waals surface area (Å²) in [6.45, 7) is 1.78. The maximum atomic E-state index is 12.4. The Morgan fingerprint density at radius 2 is 1.71 bits per heavy atom. The minimum Gasteiger partial charge on any atom is -0.399 e. The first kappa shape index (κ1) is 11.7. The van der Waals surface area contributed by atoms with Crippen molar-refractivity contribution in [1.82, 2.24) is 0 Å². The second-order valence-electron chi connectivity index (χ2n) is 3.84. The molecule has 2 N–H and O–H groups in total. The fourth-order valence-electron chi connectivity index (χ4n) is 1.67. The predicted octanol–water partition coefficient (Wildman–Crippen LogP) is 2.41. The van der Waals surface area contributed by atoms with Crippen molar-refractivity contribution in [3.05, 3.63) is 54.1 Å². The Morgan fingerprint density at radius 1 is 1.00 bits per heavy atom. The Morgan fingerprint density at radius 3 is 2.35 bits per heavy atom. The average molecular weight is 247 g/mol. The van der Waals surface area contributed by atoms with E-state index in [1.807, 2.05) is 6.07 Å². The van der Waals surface area contributed by atoms with Crippen LogP contribution in [0.5, 0.6) is 0 Å². The molecule has 0 radical (unpaired) electrons. The Hall–Kier alpha value is -1.81. The molecule has 88 valence electrons. The molecule has 0 aromatic heterocycles. The molecule has 0 aliphatic carbocycles. The molecular formula is C13H13NO2S. The fraction of sp³-hybridized carbons (Fsp3) is 0.0769. The molecule has 0 fully saturated rings. The molecule has 0 amide bonds. The van der Waals surface area contributed by atoms with Crippen LogP contribution in [0.2, 0.25) is 0 Å². The van der Waals surface area contributed by atoms with E-state index in [4.69, 9.17) is 5.73 Å². The highest BCUT2D eigenvalue weighted by atomic mass is 32.2. The molecule has 2 rings (SSSR count). The average Bonchev–Trinajstić information content (AvgIpc) is 2.29. The van der Waals surface area contributed by atoms with Gasteiger partial charge in [-0.25, -0.2) is 8.42 Å². The molecule has 0 unspecified atom stereocenters. The summed E-state index contributed by atoms with van der Waals surface area (Å²) in [6, 6.07) is 13.2. The summed E-state index contributed by atoms with van der Waals surface area (Å²) in [5.74, 6) is 0. The van der Waals surface area contributed by atoms with Gasteiger partial charge in [-0.3, -0.25) is 0 Å². The lowest BCUT2D eigenvalue weighted by molar-refractivity contribution is 0.595. The third kappa shape index (κ3) is 2.17. The number of sulfone groups is 1. The minimum atomic E-state index is -3.47. The van der Waals surface area contributed by atoms with Crippen LogP contribution in [0.15, 0.2) is 58.3 Å². The molecule has 0 bridgehead atoms. The number of anilines is 1. The van der Waals surface area contributed by atoms with Crippen molar-refractivity contribution in [3.63, 3.8) is 0 Å². The molecule has 0 spiro atoms. The maximum absolute atomic E-state index is 12.4. The van der Waals surface area contributed by atoms with Gasteiger partial charge in [-0.2, -0.15) is 0 Å². The van der Waals surface area contributed by atoms with Crippen LogP contribution in [0.3, 0.4) is 0 Å². The van der Waals surface area contributed by atoms with Gasteiger partial charge in [-0.1, -0.05) is 24.3 Å². The first-order chi connectivity index (χ1) is 8.01. The number of benzene rings is 2. The smallest absolute Gasteiger partial charge is 0.206 e. The lowest BCUT2D eigenvalue weighted by Gasteiger charge is -2.07. The van der Waals surface area contributed by atoms with Crippen LogP contribution in [0, 0.1) is 6.92 Å². The molecular weight excluding hydrogens is 234 g/mol. The lowest BCUT2D eigenvalue weighted by atomic mass is 10.2. The molecule has 0 aliphatic heterocycles. The molecule has 4 heteroatoms. The number of nitrogen functional groups attached to an aromatic ring is 1. The van der Waals surface area contributed by atoms with Crippen LogP contribution >= 0.6 is 0 Å². The van der Waals surface area contributed by atoms with Gasteiger partial charge >= 0.3 is 0 Å². The highest BCUT2D eigenvalue weighted by molar-refractivity contribution is 7.91. The van der Waals surface area contributed by atoms with Crippen molar-refractivity contribution in [2.45, 2.75) is 16.7 Å². The van der Waals surface area contributed by atoms with Gasteiger partial charge in [0, 0.05) is 5.69 Å².